The molecule has 0 saturated carbocycles. The average Bonchev–Trinajstić information content (AvgIpc) is 3.33. The number of carbonyl (C=O) groups is 3. The van der Waals surface area contributed by atoms with E-state index in [9.17, 15) is 14.4 Å². The fourth-order valence-corrected chi connectivity index (χ4v) is 8.95. The van der Waals surface area contributed by atoms with Crippen LogP contribution in [0.2, 0.25) is 0 Å². The predicted molar refractivity (Wildman–Crippen MR) is 289 cm³/mol. The second-order valence-corrected chi connectivity index (χ2v) is 20.3. The number of rotatable bonds is 55. The maximum absolute atomic E-state index is 12.8. The van der Waals surface area contributed by atoms with E-state index in [2.05, 4.69) is 45.1 Å². The highest BCUT2D eigenvalue weighted by Gasteiger charge is 2.19. The molecule has 0 heterocycles. The van der Waals surface area contributed by atoms with E-state index in [4.69, 9.17) is 14.2 Å². The fourth-order valence-electron chi connectivity index (χ4n) is 8.95. The van der Waals surface area contributed by atoms with Crippen LogP contribution in [0.1, 0.15) is 329 Å². The van der Waals surface area contributed by atoms with Gasteiger partial charge in [-0.15, -0.1) is 0 Å². The van der Waals surface area contributed by atoms with Gasteiger partial charge in [0.1, 0.15) is 13.2 Å². The first-order valence-corrected chi connectivity index (χ1v) is 29.8. The maximum atomic E-state index is 12.8. The fraction of sp³-hybridized carbons (Fsp3) is 0.885. The summed E-state index contributed by atoms with van der Waals surface area (Å²) in [5, 5.41) is 0. The summed E-state index contributed by atoms with van der Waals surface area (Å²) in [6.07, 6.45) is 66.0. The molecule has 6 heteroatoms. The van der Waals surface area contributed by atoms with E-state index < -0.39 is 6.10 Å². The van der Waals surface area contributed by atoms with Gasteiger partial charge in [0.05, 0.1) is 0 Å². The summed E-state index contributed by atoms with van der Waals surface area (Å²) in [7, 11) is 0. The highest BCUT2D eigenvalue weighted by Crippen LogP contribution is 2.17. The van der Waals surface area contributed by atoms with Gasteiger partial charge >= 0.3 is 17.9 Å². The van der Waals surface area contributed by atoms with Gasteiger partial charge < -0.3 is 14.2 Å². The monoisotopic (exact) mass is 943 g/mol. The van der Waals surface area contributed by atoms with Gasteiger partial charge in [0.25, 0.3) is 0 Å². The average molecular weight is 944 g/mol. The zero-order chi connectivity index (χ0) is 48.6. The second kappa shape index (κ2) is 56.5. The van der Waals surface area contributed by atoms with Gasteiger partial charge in [-0.2, -0.15) is 0 Å². The summed E-state index contributed by atoms with van der Waals surface area (Å²) in [6.45, 7) is 6.62. The molecule has 0 aliphatic heterocycles. The summed E-state index contributed by atoms with van der Waals surface area (Å²) < 4.78 is 16.9. The summed E-state index contributed by atoms with van der Waals surface area (Å²) in [6, 6.07) is 0. The molecule has 0 rings (SSSR count). The first kappa shape index (κ1) is 64.9. The van der Waals surface area contributed by atoms with E-state index in [1.807, 2.05) is 0 Å². The minimum absolute atomic E-state index is 0.0700. The molecule has 0 aliphatic carbocycles. The van der Waals surface area contributed by atoms with Crippen LogP contribution in [0.5, 0.6) is 0 Å². The molecule has 0 aromatic rings. The van der Waals surface area contributed by atoms with Gasteiger partial charge in [-0.25, -0.2) is 0 Å². The standard InChI is InChI=1S/C61H114O6/c1-4-7-10-13-16-19-22-25-27-28-29-30-31-32-34-36-39-42-45-48-51-54-60(63)66-57-58(56-65-59(62)53-50-47-44-41-38-35-24-21-18-15-12-9-6-3)67-61(64)55-52-49-46-43-40-37-33-26-23-20-17-14-11-8-5-2/h12,15,21,24,58H,4-11,13-14,16-20,22-23,25-57H2,1-3H3/b15-12-,24-21-. The normalized spacial score (nSPS) is 12.1. The molecule has 0 bridgehead atoms. The zero-order valence-corrected chi connectivity index (χ0v) is 45.2. The number of esters is 3. The SMILES string of the molecule is CCC/C=C\C/C=C\CCCCCCCC(=O)OCC(COC(=O)CCCCCCCCCCCCCCCCCCCCCCC)OC(=O)CCCCCCCCCCCCCCCCC. The molecule has 0 saturated heterocycles. The van der Waals surface area contributed by atoms with Crippen molar-refractivity contribution in [2.75, 3.05) is 13.2 Å². The molecule has 0 aliphatic rings. The first-order valence-electron chi connectivity index (χ1n) is 29.8. The van der Waals surface area contributed by atoms with Crippen molar-refractivity contribution in [3.8, 4) is 0 Å². The summed E-state index contributed by atoms with van der Waals surface area (Å²) >= 11 is 0. The van der Waals surface area contributed by atoms with Gasteiger partial charge in [0.15, 0.2) is 6.10 Å². The lowest BCUT2D eigenvalue weighted by molar-refractivity contribution is -0.167. The molecule has 1 atom stereocenters. The van der Waals surface area contributed by atoms with E-state index in [1.165, 1.54) is 205 Å². The Kier molecular flexibility index (Phi) is 54.7. The van der Waals surface area contributed by atoms with E-state index in [0.717, 1.165) is 83.5 Å². The van der Waals surface area contributed by atoms with Crippen LogP contribution in [-0.4, -0.2) is 37.2 Å². The highest BCUT2D eigenvalue weighted by molar-refractivity contribution is 5.71. The molecule has 0 aromatic carbocycles. The molecular formula is C61H114O6. The van der Waals surface area contributed by atoms with Crippen molar-refractivity contribution in [1.29, 1.82) is 0 Å². The van der Waals surface area contributed by atoms with Crippen LogP contribution in [0.4, 0.5) is 0 Å². The first-order chi connectivity index (χ1) is 33.0. The molecule has 0 spiro atoms. The van der Waals surface area contributed by atoms with Crippen molar-refractivity contribution in [2.24, 2.45) is 0 Å². The lowest BCUT2D eigenvalue weighted by atomic mass is 10.0. The Morgan fingerprint density at radius 1 is 0.299 bits per heavy atom. The van der Waals surface area contributed by atoms with Crippen molar-refractivity contribution in [1.82, 2.24) is 0 Å². The molecule has 6 nitrogen and oxygen atoms in total. The van der Waals surface area contributed by atoms with Crippen LogP contribution in [0, 0.1) is 0 Å². The third kappa shape index (κ3) is 54.7. The van der Waals surface area contributed by atoms with Crippen molar-refractivity contribution < 1.29 is 28.6 Å². The number of carbonyl (C=O) groups excluding carboxylic acids is 3. The van der Waals surface area contributed by atoms with E-state index >= 15 is 0 Å². The number of hydrogen-bond acceptors (Lipinski definition) is 6. The maximum Gasteiger partial charge on any atom is 0.306 e. The predicted octanol–water partition coefficient (Wildman–Crippen LogP) is 19.9. The number of hydrogen-bond donors (Lipinski definition) is 0. The molecule has 1 unspecified atom stereocenters. The summed E-state index contributed by atoms with van der Waals surface area (Å²) in [5.74, 6) is -0.862. The molecular weight excluding hydrogens is 829 g/mol. The molecule has 0 radical (unpaired) electrons. The van der Waals surface area contributed by atoms with Gasteiger partial charge in [-0.3, -0.25) is 14.4 Å². The lowest BCUT2D eigenvalue weighted by Gasteiger charge is -2.18. The zero-order valence-electron chi connectivity index (χ0n) is 45.2. The Balaban J connectivity index is 4.27. The molecule has 0 amide bonds. The van der Waals surface area contributed by atoms with Crippen LogP contribution in [0.3, 0.4) is 0 Å². The smallest absolute Gasteiger partial charge is 0.306 e. The van der Waals surface area contributed by atoms with Crippen LogP contribution in [-0.2, 0) is 28.6 Å². The van der Waals surface area contributed by atoms with Gasteiger partial charge in [-0.05, 0) is 44.9 Å². The van der Waals surface area contributed by atoms with Crippen molar-refractivity contribution in [3.05, 3.63) is 24.3 Å². The van der Waals surface area contributed by atoms with Crippen LogP contribution in [0.15, 0.2) is 24.3 Å². The Morgan fingerprint density at radius 3 is 0.881 bits per heavy atom. The minimum atomic E-state index is -0.772. The van der Waals surface area contributed by atoms with Gasteiger partial charge in [0, 0.05) is 19.3 Å². The van der Waals surface area contributed by atoms with Crippen molar-refractivity contribution >= 4 is 17.9 Å². The highest BCUT2D eigenvalue weighted by atomic mass is 16.6. The molecule has 0 aromatic heterocycles. The summed E-state index contributed by atoms with van der Waals surface area (Å²) in [4.78, 5) is 38.1. The summed E-state index contributed by atoms with van der Waals surface area (Å²) in [5.41, 5.74) is 0. The largest absolute Gasteiger partial charge is 0.462 e. The van der Waals surface area contributed by atoms with Crippen LogP contribution < -0.4 is 0 Å². The third-order valence-electron chi connectivity index (χ3n) is 13.4. The van der Waals surface area contributed by atoms with Gasteiger partial charge in [0.2, 0.25) is 0 Å². The van der Waals surface area contributed by atoms with Crippen LogP contribution >= 0.6 is 0 Å². The van der Waals surface area contributed by atoms with Crippen molar-refractivity contribution in [3.63, 3.8) is 0 Å². The molecule has 0 N–H and O–H groups in total. The molecule has 67 heavy (non-hydrogen) atoms. The molecule has 394 valence electrons. The number of unbranched alkanes of at least 4 members (excludes halogenated alkanes) is 40. The third-order valence-corrected chi connectivity index (χ3v) is 13.4. The van der Waals surface area contributed by atoms with E-state index in [-0.39, 0.29) is 31.1 Å². The number of ether oxygens (including phenoxy) is 3. The second-order valence-electron chi connectivity index (χ2n) is 20.3. The number of allylic oxidation sites excluding steroid dienone is 4. The van der Waals surface area contributed by atoms with E-state index in [0.29, 0.717) is 19.3 Å². The Bertz CT molecular complexity index is 1080. The lowest BCUT2D eigenvalue weighted by Crippen LogP contribution is -2.30. The Morgan fingerprint density at radius 2 is 0.567 bits per heavy atom. The Hall–Kier alpha value is -2.11. The van der Waals surface area contributed by atoms with Crippen LogP contribution in [0.25, 0.3) is 0 Å². The molecule has 0 fully saturated rings. The Labute approximate surface area is 417 Å². The van der Waals surface area contributed by atoms with Crippen molar-refractivity contribution in [2.45, 2.75) is 335 Å². The van der Waals surface area contributed by atoms with Gasteiger partial charge in [-0.1, -0.05) is 289 Å². The minimum Gasteiger partial charge on any atom is -0.462 e. The topological polar surface area (TPSA) is 78.9 Å². The quantitative estimate of drug-likeness (QED) is 0.0262. The van der Waals surface area contributed by atoms with E-state index in [1.54, 1.807) is 0 Å².